The Hall–Kier alpha value is -3.29. The van der Waals surface area contributed by atoms with E-state index >= 15 is 0 Å². The molecule has 0 spiro atoms. The molecule has 2 N–H and O–H groups in total. The first kappa shape index (κ1) is 15.6. The summed E-state index contributed by atoms with van der Waals surface area (Å²) in [4.78, 5) is 30.7. The van der Waals surface area contributed by atoms with Crippen LogP contribution in [-0.4, -0.2) is 25.7 Å². The lowest BCUT2D eigenvalue weighted by Gasteiger charge is -2.09. The number of carbonyl (C=O) groups is 1. The van der Waals surface area contributed by atoms with E-state index in [2.05, 4.69) is 20.4 Å². The summed E-state index contributed by atoms with van der Waals surface area (Å²) in [6.45, 7) is 1.87. The van der Waals surface area contributed by atoms with Crippen LogP contribution < -0.4 is 10.9 Å². The molecule has 2 heterocycles. The van der Waals surface area contributed by atoms with Gasteiger partial charge in [-0.3, -0.25) is 14.6 Å². The summed E-state index contributed by atoms with van der Waals surface area (Å²) in [6, 6.07) is 8.57. The molecule has 1 amide bonds. The number of amides is 1. The fourth-order valence-electron chi connectivity index (χ4n) is 2.17. The second-order valence-corrected chi connectivity index (χ2v) is 4.98. The first-order valence-electron chi connectivity index (χ1n) is 7.29. The molecule has 122 valence electrons. The Morgan fingerprint density at radius 2 is 2.12 bits per heavy atom. The Morgan fingerprint density at radius 1 is 1.33 bits per heavy atom. The number of nitrogens with zero attached hydrogens (tertiary/aromatic N) is 3. The molecule has 7 nitrogen and oxygen atoms in total. The largest absolute Gasteiger partial charge is 0.306 e. The summed E-state index contributed by atoms with van der Waals surface area (Å²) in [5, 5.41) is 6.61. The Balaban J connectivity index is 1.94. The second kappa shape index (κ2) is 6.45. The van der Waals surface area contributed by atoms with Crippen LogP contribution in [0.4, 0.5) is 10.2 Å². The molecule has 0 unspecified atom stereocenters. The van der Waals surface area contributed by atoms with Gasteiger partial charge >= 0.3 is 0 Å². The summed E-state index contributed by atoms with van der Waals surface area (Å²) >= 11 is 0. The zero-order chi connectivity index (χ0) is 17.1. The molecule has 0 aliphatic carbocycles. The Kier molecular flexibility index (Phi) is 4.19. The highest BCUT2D eigenvalue weighted by molar-refractivity contribution is 6.04. The molecule has 0 saturated heterocycles. The lowest BCUT2D eigenvalue weighted by atomic mass is 10.2. The van der Waals surface area contributed by atoms with Crippen LogP contribution in [-0.2, 0) is 6.42 Å². The number of H-pyrrole nitrogens is 1. The van der Waals surface area contributed by atoms with Gasteiger partial charge in [-0.1, -0.05) is 19.1 Å². The fourth-order valence-corrected chi connectivity index (χ4v) is 2.17. The zero-order valence-electron chi connectivity index (χ0n) is 12.8. The van der Waals surface area contributed by atoms with Crippen LogP contribution in [0.15, 0.2) is 47.4 Å². The van der Waals surface area contributed by atoms with Crippen molar-refractivity contribution in [3.63, 3.8) is 0 Å². The number of aromatic nitrogens is 4. The first-order valence-corrected chi connectivity index (χ1v) is 7.29. The number of anilines is 1. The highest BCUT2D eigenvalue weighted by Gasteiger charge is 2.15. The Bertz CT molecular complexity index is 947. The third-order valence-electron chi connectivity index (χ3n) is 3.35. The van der Waals surface area contributed by atoms with E-state index < -0.39 is 11.7 Å². The van der Waals surface area contributed by atoms with E-state index in [1.165, 1.54) is 41.2 Å². The SMILES string of the molecule is CCc1cc(=O)[nH]c(-n2nccc2NC(=O)c2ccccc2F)n1. The van der Waals surface area contributed by atoms with Gasteiger partial charge in [0.1, 0.15) is 11.6 Å². The fraction of sp³-hybridized carbons (Fsp3) is 0.125. The van der Waals surface area contributed by atoms with Crippen LogP contribution in [0.25, 0.3) is 5.95 Å². The molecule has 0 bridgehead atoms. The van der Waals surface area contributed by atoms with Gasteiger partial charge in [-0.2, -0.15) is 9.78 Å². The summed E-state index contributed by atoms with van der Waals surface area (Å²) in [7, 11) is 0. The van der Waals surface area contributed by atoms with Crippen LogP contribution in [0, 0.1) is 5.82 Å². The third kappa shape index (κ3) is 3.07. The standard InChI is InChI=1S/C16H14FN5O2/c1-2-10-9-14(23)21-16(19-10)22-13(7-8-18-22)20-15(24)11-5-3-4-6-12(11)17/h3-9H,2H2,1H3,(H,20,24)(H,19,21,23). The number of rotatable bonds is 4. The van der Waals surface area contributed by atoms with Gasteiger partial charge in [-0.05, 0) is 18.6 Å². The second-order valence-electron chi connectivity index (χ2n) is 4.98. The monoisotopic (exact) mass is 327 g/mol. The van der Waals surface area contributed by atoms with Gasteiger partial charge < -0.3 is 5.32 Å². The van der Waals surface area contributed by atoms with Gasteiger partial charge in [0.05, 0.1) is 11.8 Å². The predicted molar refractivity (Wildman–Crippen MR) is 85.7 cm³/mol. The molecule has 0 atom stereocenters. The Labute approximate surface area is 136 Å². The van der Waals surface area contributed by atoms with Crippen molar-refractivity contribution >= 4 is 11.7 Å². The van der Waals surface area contributed by atoms with Gasteiger partial charge in [0.15, 0.2) is 0 Å². The number of hydrogen-bond acceptors (Lipinski definition) is 4. The normalized spacial score (nSPS) is 10.6. The van der Waals surface area contributed by atoms with Crippen molar-refractivity contribution in [1.82, 2.24) is 19.7 Å². The number of aromatic amines is 1. The van der Waals surface area contributed by atoms with E-state index in [4.69, 9.17) is 0 Å². The maximum Gasteiger partial charge on any atom is 0.259 e. The lowest BCUT2D eigenvalue weighted by Crippen LogP contribution is -2.19. The van der Waals surface area contributed by atoms with E-state index in [0.29, 0.717) is 12.1 Å². The summed E-state index contributed by atoms with van der Waals surface area (Å²) < 4.78 is 15.0. The highest BCUT2D eigenvalue weighted by Crippen LogP contribution is 2.14. The number of hydrogen-bond donors (Lipinski definition) is 2. The molecule has 2 aromatic heterocycles. The van der Waals surface area contributed by atoms with Gasteiger partial charge in [0.25, 0.3) is 11.5 Å². The van der Waals surface area contributed by atoms with Crippen LogP contribution in [0.2, 0.25) is 0 Å². The molecule has 0 fully saturated rings. The minimum atomic E-state index is -0.624. The third-order valence-corrected chi connectivity index (χ3v) is 3.35. The smallest absolute Gasteiger partial charge is 0.259 e. The molecule has 0 aliphatic heterocycles. The molecule has 0 saturated carbocycles. The maximum absolute atomic E-state index is 13.7. The van der Waals surface area contributed by atoms with Crippen molar-refractivity contribution in [3.05, 3.63) is 70.0 Å². The topological polar surface area (TPSA) is 92.7 Å². The molecular formula is C16H14FN5O2. The minimum Gasteiger partial charge on any atom is -0.306 e. The van der Waals surface area contributed by atoms with E-state index in [9.17, 15) is 14.0 Å². The number of benzene rings is 1. The van der Waals surface area contributed by atoms with Crippen molar-refractivity contribution in [3.8, 4) is 5.95 Å². The average Bonchev–Trinajstić information content (AvgIpc) is 3.02. The number of carbonyl (C=O) groups excluding carboxylic acids is 1. The zero-order valence-corrected chi connectivity index (χ0v) is 12.8. The molecule has 1 aromatic carbocycles. The number of halogens is 1. The van der Waals surface area contributed by atoms with Gasteiger partial charge in [-0.25, -0.2) is 9.37 Å². The van der Waals surface area contributed by atoms with E-state index in [0.717, 1.165) is 0 Å². The van der Waals surface area contributed by atoms with E-state index in [1.54, 1.807) is 6.07 Å². The van der Waals surface area contributed by atoms with E-state index in [-0.39, 0.29) is 22.9 Å². The van der Waals surface area contributed by atoms with Gasteiger partial charge in [0.2, 0.25) is 5.95 Å². The van der Waals surface area contributed by atoms with Crippen LogP contribution >= 0.6 is 0 Å². The summed E-state index contributed by atoms with van der Waals surface area (Å²) in [5.41, 5.74) is 0.184. The van der Waals surface area contributed by atoms with E-state index in [1.807, 2.05) is 6.92 Å². The summed E-state index contributed by atoms with van der Waals surface area (Å²) in [5.74, 6) is -0.808. The predicted octanol–water partition coefficient (Wildman–Crippen LogP) is 1.91. The molecular weight excluding hydrogens is 313 g/mol. The molecule has 8 heteroatoms. The highest BCUT2D eigenvalue weighted by atomic mass is 19.1. The van der Waals surface area contributed by atoms with Crippen molar-refractivity contribution < 1.29 is 9.18 Å². The van der Waals surface area contributed by atoms with Crippen LogP contribution in [0.3, 0.4) is 0 Å². The van der Waals surface area contributed by atoms with Crippen molar-refractivity contribution in [2.75, 3.05) is 5.32 Å². The van der Waals surface area contributed by atoms with Gasteiger partial charge in [-0.15, -0.1) is 0 Å². The molecule has 0 radical (unpaired) electrons. The minimum absolute atomic E-state index is 0.0889. The van der Waals surface area contributed by atoms with Crippen LogP contribution in [0.5, 0.6) is 0 Å². The Morgan fingerprint density at radius 3 is 2.88 bits per heavy atom. The summed E-state index contributed by atoms with van der Waals surface area (Å²) in [6.07, 6.45) is 2.02. The molecule has 24 heavy (non-hydrogen) atoms. The van der Waals surface area contributed by atoms with Crippen LogP contribution in [0.1, 0.15) is 23.0 Å². The van der Waals surface area contributed by atoms with Gasteiger partial charge in [0, 0.05) is 17.8 Å². The van der Waals surface area contributed by atoms with Crippen molar-refractivity contribution in [1.29, 1.82) is 0 Å². The van der Waals surface area contributed by atoms with Crippen molar-refractivity contribution in [2.45, 2.75) is 13.3 Å². The molecule has 3 aromatic rings. The molecule has 3 rings (SSSR count). The number of nitrogens with one attached hydrogen (secondary N) is 2. The molecule has 0 aliphatic rings. The average molecular weight is 327 g/mol. The van der Waals surface area contributed by atoms with Crippen molar-refractivity contribution in [2.24, 2.45) is 0 Å². The first-order chi connectivity index (χ1) is 11.6. The quantitative estimate of drug-likeness (QED) is 0.765. The number of aryl methyl sites for hydroxylation is 1. The maximum atomic E-state index is 13.7. The lowest BCUT2D eigenvalue weighted by molar-refractivity contribution is 0.102.